The van der Waals surface area contributed by atoms with Crippen LogP contribution in [0.15, 0.2) is 22.7 Å². The van der Waals surface area contributed by atoms with Crippen molar-refractivity contribution in [1.29, 1.82) is 0 Å². The number of rotatable bonds is 6. The molecule has 1 saturated heterocycles. The first-order valence-electron chi connectivity index (χ1n) is 7.05. The molecule has 0 aliphatic carbocycles. The number of carbonyl (C=O) groups excluding carboxylic acids is 1. The largest absolute Gasteiger partial charge is 0.481 e. The Morgan fingerprint density at radius 1 is 1.45 bits per heavy atom. The average molecular weight is 374 g/mol. The van der Waals surface area contributed by atoms with Gasteiger partial charge in [0.1, 0.15) is 5.82 Å². The second-order valence-electron chi connectivity index (χ2n) is 5.16. The van der Waals surface area contributed by atoms with Crippen LogP contribution in [0.1, 0.15) is 29.6 Å². The molecule has 1 aliphatic rings. The summed E-state index contributed by atoms with van der Waals surface area (Å²) < 4.78 is 19.4. The standard InChI is InChI=1S/C15H17BrFNO4/c16-12-4-3-10(8-13(12)17)15(21)18(6-5-14(19)20)9-11-2-1-7-22-11/h3-4,8,11H,1-2,5-7,9H2,(H,19,20). The Labute approximate surface area is 136 Å². The first-order valence-corrected chi connectivity index (χ1v) is 7.84. The quantitative estimate of drug-likeness (QED) is 0.832. The van der Waals surface area contributed by atoms with Gasteiger partial charge in [0.15, 0.2) is 0 Å². The molecule has 1 N–H and O–H groups in total. The predicted molar refractivity (Wildman–Crippen MR) is 81.2 cm³/mol. The normalized spacial score (nSPS) is 17.5. The highest BCUT2D eigenvalue weighted by Crippen LogP contribution is 2.19. The van der Waals surface area contributed by atoms with E-state index in [0.29, 0.717) is 13.2 Å². The number of carboxylic acid groups (broad SMARTS) is 1. The third-order valence-electron chi connectivity index (χ3n) is 3.50. The Hall–Kier alpha value is -1.47. The van der Waals surface area contributed by atoms with Gasteiger partial charge in [-0.1, -0.05) is 0 Å². The Balaban J connectivity index is 2.12. The van der Waals surface area contributed by atoms with Crippen molar-refractivity contribution >= 4 is 27.8 Å². The van der Waals surface area contributed by atoms with Gasteiger partial charge in [-0.15, -0.1) is 0 Å². The van der Waals surface area contributed by atoms with Crippen LogP contribution >= 0.6 is 15.9 Å². The van der Waals surface area contributed by atoms with Crippen molar-refractivity contribution < 1.29 is 23.8 Å². The fourth-order valence-corrected chi connectivity index (χ4v) is 2.60. The highest BCUT2D eigenvalue weighted by atomic mass is 79.9. The van der Waals surface area contributed by atoms with E-state index in [9.17, 15) is 14.0 Å². The highest BCUT2D eigenvalue weighted by molar-refractivity contribution is 9.10. The van der Waals surface area contributed by atoms with Crippen molar-refractivity contribution in [2.75, 3.05) is 19.7 Å². The lowest BCUT2D eigenvalue weighted by Gasteiger charge is -2.25. The number of carbonyl (C=O) groups is 2. The van der Waals surface area contributed by atoms with Gasteiger partial charge in [-0.3, -0.25) is 9.59 Å². The van der Waals surface area contributed by atoms with Gasteiger partial charge in [0.25, 0.3) is 5.91 Å². The Morgan fingerprint density at radius 3 is 2.82 bits per heavy atom. The number of ether oxygens (including phenoxy) is 1. The van der Waals surface area contributed by atoms with Crippen LogP contribution in [0.3, 0.4) is 0 Å². The second-order valence-corrected chi connectivity index (χ2v) is 6.01. The number of carboxylic acids is 1. The summed E-state index contributed by atoms with van der Waals surface area (Å²) in [6.07, 6.45) is 1.53. The van der Waals surface area contributed by atoms with E-state index in [0.717, 1.165) is 18.9 Å². The summed E-state index contributed by atoms with van der Waals surface area (Å²) in [4.78, 5) is 24.7. The molecule has 1 aliphatic heterocycles. The summed E-state index contributed by atoms with van der Waals surface area (Å²) in [6.45, 7) is 1.05. The molecule has 1 aromatic carbocycles. The molecule has 120 valence electrons. The van der Waals surface area contributed by atoms with Gasteiger partial charge in [0, 0.05) is 25.3 Å². The zero-order valence-corrected chi connectivity index (χ0v) is 13.5. The lowest BCUT2D eigenvalue weighted by atomic mass is 10.1. The molecule has 0 spiro atoms. The minimum absolute atomic E-state index is 0.0751. The molecule has 1 atom stereocenters. The van der Waals surface area contributed by atoms with Crippen molar-refractivity contribution in [3.8, 4) is 0 Å². The first-order chi connectivity index (χ1) is 10.5. The summed E-state index contributed by atoms with van der Waals surface area (Å²) in [7, 11) is 0. The summed E-state index contributed by atoms with van der Waals surface area (Å²) in [5, 5.41) is 8.82. The van der Waals surface area contributed by atoms with Gasteiger partial charge in [0.05, 0.1) is 17.0 Å². The van der Waals surface area contributed by atoms with Crippen LogP contribution in [0, 0.1) is 5.82 Å². The molecule has 0 saturated carbocycles. The molecule has 0 radical (unpaired) electrons. The fourth-order valence-electron chi connectivity index (χ4n) is 2.35. The van der Waals surface area contributed by atoms with E-state index in [1.807, 2.05) is 0 Å². The Morgan fingerprint density at radius 2 is 2.23 bits per heavy atom. The van der Waals surface area contributed by atoms with E-state index >= 15 is 0 Å². The number of hydrogen-bond acceptors (Lipinski definition) is 3. The van der Waals surface area contributed by atoms with Gasteiger partial charge < -0.3 is 14.7 Å². The molecule has 2 rings (SSSR count). The number of halogens is 2. The summed E-state index contributed by atoms with van der Waals surface area (Å²) in [5.74, 6) is -1.89. The SMILES string of the molecule is O=C(O)CCN(CC1CCCO1)C(=O)c1ccc(Br)c(F)c1. The van der Waals surface area contributed by atoms with Crippen LogP contribution in [0.25, 0.3) is 0 Å². The van der Waals surface area contributed by atoms with Crippen molar-refractivity contribution in [3.63, 3.8) is 0 Å². The minimum Gasteiger partial charge on any atom is -0.481 e. The summed E-state index contributed by atoms with van der Waals surface area (Å²) >= 11 is 3.04. The summed E-state index contributed by atoms with van der Waals surface area (Å²) in [6, 6.07) is 4.12. The van der Waals surface area contributed by atoms with Crippen LogP contribution in [-0.4, -0.2) is 47.7 Å². The molecule has 5 nitrogen and oxygen atoms in total. The van der Waals surface area contributed by atoms with E-state index in [2.05, 4.69) is 15.9 Å². The number of benzene rings is 1. The van der Waals surface area contributed by atoms with E-state index in [-0.39, 0.29) is 35.0 Å². The van der Waals surface area contributed by atoms with E-state index in [1.165, 1.54) is 17.0 Å². The van der Waals surface area contributed by atoms with Crippen molar-refractivity contribution in [3.05, 3.63) is 34.1 Å². The van der Waals surface area contributed by atoms with Gasteiger partial charge >= 0.3 is 5.97 Å². The second kappa shape index (κ2) is 7.69. The molecule has 7 heteroatoms. The number of amides is 1. The minimum atomic E-state index is -0.980. The molecule has 0 bridgehead atoms. The topological polar surface area (TPSA) is 66.8 Å². The maximum absolute atomic E-state index is 13.6. The van der Waals surface area contributed by atoms with Crippen LogP contribution in [0.5, 0.6) is 0 Å². The molecule has 22 heavy (non-hydrogen) atoms. The lowest BCUT2D eigenvalue weighted by molar-refractivity contribution is -0.137. The maximum atomic E-state index is 13.6. The van der Waals surface area contributed by atoms with Crippen LogP contribution in [-0.2, 0) is 9.53 Å². The molecule has 1 aromatic rings. The Bertz CT molecular complexity index is 560. The zero-order valence-electron chi connectivity index (χ0n) is 11.9. The monoisotopic (exact) mass is 373 g/mol. The number of hydrogen-bond donors (Lipinski definition) is 1. The zero-order chi connectivity index (χ0) is 16.1. The van der Waals surface area contributed by atoms with Gasteiger partial charge in [-0.25, -0.2) is 4.39 Å². The predicted octanol–water partition coefficient (Wildman–Crippen LogP) is 2.68. The van der Waals surface area contributed by atoms with Crippen LogP contribution in [0.2, 0.25) is 0 Å². The van der Waals surface area contributed by atoms with Gasteiger partial charge in [-0.05, 0) is 47.0 Å². The molecular weight excluding hydrogens is 357 g/mol. The fraction of sp³-hybridized carbons (Fsp3) is 0.467. The van der Waals surface area contributed by atoms with Gasteiger partial charge in [0.2, 0.25) is 0 Å². The van der Waals surface area contributed by atoms with E-state index in [4.69, 9.17) is 9.84 Å². The molecule has 1 heterocycles. The molecule has 1 unspecified atom stereocenters. The molecule has 1 fully saturated rings. The third-order valence-corrected chi connectivity index (χ3v) is 4.14. The number of aliphatic carboxylic acids is 1. The van der Waals surface area contributed by atoms with Crippen LogP contribution < -0.4 is 0 Å². The van der Waals surface area contributed by atoms with Gasteiger partial charge in [-0.2, -0.15) is 0 Å². The maximum Gasteiger partial charge on any atom is 0.305 e. The average Bonchev–Trinajstić information content (AvgIpc) is 2.98. The van der Waals surface area contributed by atoms with E-state index in [1.54, 1.807) is 0 Å². The first kappa shape index (κ1) is 16.9. The van der Waals surface area contributed by atoms with E-state index < -0.39 is 11.8 Å². The Kier molecular flexibility index (Phi) is 5.90. The summed E-state index contributed by atoms with van der Waals surface area (Å²) in [5.41, 5.74) is 0.198. The van der Waals surface area contributed by atoms with Crippen molar-refractivity contribution in [1.82, 2.24) is 4.90 Å². The molecular formula is C15H17BrFNO4. The highest BCUT2D eigenvalue weighted by Gasteiger charge is 2.24. The van der Waals surface area contributed by atoms with Crippen LogP contribution in [0.4, 0.5) is 4.39 Å². The number of nitrogens with zero attached hydrogens (tertiary/aromatic N) is 1. The third kappa shape index (κ3) is 4.51. The lowest BCUT2D eigenvalue weighted by Crippen LogP contribution is -2.38. The molecule has 1 amide bonds. The van der Waals surface area contributed by atoms with Crippen molar-refractivity contribution in [2.45, 2.75) is 25.4 Å². The smallest absolute Gasteiger partial charge is 0.305 e. The molecule has 0 aromatic heterocycles. The van der Waals surface area contributed by atoms with Crippen molar-refractivity contribution in [2.24, 2.45) is 0 Å².